The molecule has 1 aromatic rings. The summed E-state index contributed by atoms with van der Waals surface area (Å²) in [5.74, 6) is 0. The molecule has 0 heterocycles. The van der Waals surface area contributed by atoms with Crippen LogP contribution in [-0.2, 0) is 0 Å². The largest absolute Gasteiger partial charge is 0.390 e. The summed E-state index contributed by atoms with van der Waals surface area (Å²) in [4.78, 5) is 0. The average molecular weight is 179 g/mol. The second-order valence-electron chi connectivity index (χ2n) is 4.03. The van der Waals surface area contributed by atoms with Gasteiger partial charge >= 0.3 is 0 Å². The van der Waals surface area contributed by atoms with Crippen LogP contribution < -0.4 is 5.73 Å². The van der Waals surface area contributed by atoms with Gasteiger partial charge in [-0.25, -0.2) is 0 Å². The highest BCUT2D eigenvalue weighted by atomic mass is 16.3. The van der Waals surface area contributed by atoms with E-state index in [1.54, 1.807) is 13.8 Å². The summed E-state index contributed by atoms with van der Waals surface area (Å²) in [6, 6.07) is 9.76. The Morgan fingerprint density at radius 1 is 1.31 bits per heavy atom. The quantitative estimate of drug-likeness (QED) is 0.743. The van der Waals surface area contributed by atoms with Crippen molar-refractivity contribution in [3.8, 4) is 0 Å². The maximum atomic E-state index is 9.57. The van der Waals surface area contributed by atoms with Crippen LogP contribution in [0.1, 0.15) is 31.9 Å². The molecule has 2 nitrogen and oxygen atoms in total. The van der Waals surface area contributed by atoms with Gasteiger partial charge in [0.05, 0.1) is 5.60 Å². The van der Waals surface area contributed by atoms with Crippen LogP contribution in [0.2, 0.25) is 0 Å². The smallest absolute Gasteiger partial charge is 0.0609 e. The predicted molar refractivity (Wildman–Crippen MR) is 54.3 cm³/mol. The average Bonchev–Trinajstić information content (AvgIpc) is 2.03. The molecule has 0 saturated heterocycles. The molecule has 1 rings (SSSR count). The van der Waals surface area contributed by atoms with Crippen molar-refractivity contribution in [2.75, 3.05) is 0 Å². The Bertz CT molecular complexity index is 251. The zero-order valence-corrected chi connectivity index (χ0v) is 8.20. The molecule has 0 bridgehead atoms. The standard InChI is InChI=1S/C11H17NO/c1-11(2,13)8-10(12)9-6-4-3-5-7-9/h3-7,10,13H,8,12H2,1-2H3. The molecule has 0 aliphatic heterocycles. The number of nitrogens with two attached hydrogens (primary N) is 1. The molecule has 13 heavy (non-hydrogen) atoms. The lowest BCUT2D eigenvalue weighted by Gasteiger charge is -2.22. The van der Waals surface area contributed by atoms with Gasteiger partial charge in [0.25, 0.3) is 0 Å². The first kappa shape index (κ1) is 10.2. The molecule has 1 atom stereocenters. The Labute approximate surface area is 79.4 Å². The van der Waals surface area contributed by atoms with E-state index in [1.165, 1.54) is 0 Å². The highest BCUT2D eigenvalue weighted by molar-refractivity contribution is 5.18. The molecule has 3 N–H and O–H groups in total. The summed E-state index contributed by atoms with van der Waals surface area (Å²) < 4.78 is 0. The van der Waals surface area contributed by atoms with Gasteiger partial charge in [0.1, 0.15) is 0 Å². The van der Waals surface area contributed by atoms with Crippen molar-refractivity contribution in [1.29, 1.82) is 0 Å². The minimum Gasteiger partial charge on any atom is -0.390 e. The van der Waals surface area contributed by atoms with Crippen molar-refractivity contribution >= 4 is 0 Å². The van der Waals surface area contributed by atoms with Crippen LogP contribution in [-0.4, -0.2) is 10.7 Å². The summed E-state index contributed by atoms with van der Waals surface area (Å²) in [6.45, 7) is 3.55. The van der Waals surface area contributed by atoms with Gasteiger partial charge < -0.3 is 10.8 Å². The Morgan fingerprint density at radius 2 is 1.85 bits per heavy atom. The van der Waals surface area contributed by atoms with Crippen LogP contribution in [0.25, 0.3) is 0 Å². The molecular weight excluding hydrogens is 162 g/mol. The van der Waals surface area contributed by atoms with Crippen LogP contribution >= 0.6 is 0 Å². The van der Waals surface area contributed by atoms with E-state index in [1.807, 2.05) is 30.3 Å². The SMILES string of the molecule is CC(C)(O)CC(N)c1ccccc1. The van der Waals surface area contributed by atoms with Crippen molar-refractivity contribution in [3.63, 3.8) is 0 Å². The fourth-order valence-electron chi connectivity index (χ4n) is 1.36. The van der Waals surface area contributed by atoms with Gasteiger partial charge in [0.2, 0.25) is 0 Å². The fraction of sp³-hybridized carbons (Fsp3) is 0.455. The van der Waals surface area contributed by atoms with Gasteiger partial charge in [0.15, 0.2) is 0 Å². The summed E-state index contributed by atoms with van der Waals surface area (Å²) in [5.41, 5.74) is 6.30. The molecule has 0 aliphatic rings. The fourth-order valence-corrected chi connectivity index (χ4v) is 1.36. The topological polar surface area (TPSA) is 46.2 Å². The Hall–Kier alpha value is -0.860. The molecule has 0 radical (unpaired) electrons. The third kappa shape index (κ3) is 3.57. The van der Waals surface area contributed by atoms with Gasteiger partial charge in [-0.05, 0) is 25.8 Å². The summed E-state index contributed by atoms with van der Waals surface area (Å²) >= 11 is 0. The van der Waals surface area contributed by atoms with Crippen LogP contribution in [0.5, 0.6) is 0 Å². The first-order valence-electron chi connectivity index (χ1n) is 4.52. The van der Waals surface area contributed by atoms with Crippen molar-refractivity contribution in [1.82, 2.24) is 0 Å². The molecule has 0 aliphatic carbocycles. The van der Waals surface area contributed by atoms with Gasteiger partial charge in [-0.2, -0.15) is 0 Å². The number of aliphatic hydroxyl groups is 1. The van der Waals surface area contributed by atoms with Crippen molar-refractivity contribution < 1.29 is 5.11 Å². The van der Waals surface area contributed by atoms with E-state index < -0.39 is 5.60 Å². The molecular formula is C11H17NO. The van der Waals surface area contributed by atoms with Crippen molar-refractivity contribution in [3.05, 3.63) is 35.9 Å². The lowest BCUT2D eigenvalue weighted by atomic mass is 9.95. The van der Waals surface area contributed by atoms with Crippen LogP contribution in [0.3, 0.4) is 0 Å². The van der Waals surface area contributed by atoms with E-state index in [0.29, 0.717) is 6.42 Å². The Balaban J connectivity index is 2.64. The molecule has 1 unspecified atom stereocenters. The predicted octanol–water partition coefficient (Wildman–Crippen LogP) is 1.85. The maximum absolute atomic E-state index is 9.57. The molecule has 72 valence electrons. The van der Waals surface area contributed by atoms with E-state index in [-0.39, 0.29) is 6.04 Å². The second-order valence-corrected chi connectivity index (χ2v) is 4.03. The van der Waals surface area contributed by atoms with Crippen molar-refractivity contribution in [2.45, 2.75) is 31.9 Å². The lowest BCUT2D eigenvalue weighted by Crippen LogP contribution is -2.26. The van der Waals surface area contributed by atoms with Crippen LogP contribution in [0.15, 0.2) is 30.3 Å². The third-order valence-electron chi connectivity index (χ3n) is 1.95. The first-order chi connectivity index (χ1) is 5.99. The second kappa shape index (κ2) is 3.90. The summed E-state index contributed by atoms with van der Waals surface area (Å²) in [6.07, 6.45) is 0.580. The highest BCUT2D eigenvalue weighted by Crippen LogP contribution is 2.20. The van der Waals surface area contributed by atoms with Gasteiger partial charge in [-0.3, -0.25) is 0 Å². The van der Waals surface area contributed by atoms with E-state index in [9.17, 15) is 5.11 Å². The Morgan fingerprint density at radius 3 is 2.31 bits per heavy atom. The lowest BCUT2D eigenvalue weighted by molar-refractivity contribution is 0.0635. The first-order valence-corrected chi connectivity index (χ1v) is 4.52. The minimum absolute atomic E-state index is 0.0822. The number of hydrogen-bond donors (Lipinski definition) is 2. The molecule has 0 saturated carbocycles. The summed E-state index contributed by atoms with van der Waals surface area (Å²) in [7, 11) is 0. The van der Waals surface area contributed by atoms with Crippen LogP contribution in [0, 0.1) is 0 Å². The minimum atomic E-state index is -0.699. The molecule has 0 spiro atoms. The summed E-state index contributed by atoms with van der Waals surface area (Å²) in [5, 5.41) is 9.57. The number of rotatable bonds is 3. The van der Waals surface area contributed by atoms with Crippen molar-refractivity contribution in [2.24, 2.45) is 5.73 Å². The van der Waals surface area contributed by atoms with E-state index in [0.717, 1.165) is 5.56 Å². The van der Waals surface area contributed by atoms with E-state index in [4.69, 9.17) is 5.73 Å². The zero-order chi connectivity index (χ0) is 9.90. The van der Waals surface area contributed by atoms with E-state index >= 15 is 0 Å². The highest BCUT2D eigenvalue weighted by Gasteiger charge is 2.18. The third-order valence-corrected chi connectivity index (χ3v) is 1.95. The molecule has 0 aromatic heterocycles. The Kier molecular flexibility index (Phi) is 3.07. The monoisotopic (exact) mass is 179 g/mol. The number of hydrogen-bond acceptors (Lipinski definition) is 2. The number of benzene rings is 1. The zero-order valence-electron chi connectivity index (χ0n) is 8.20. The van der Waals surface area contributed by atoms with Gasteiger partial charge in [-0.1, -0.05) is 30.3 Å². The van der Waals surface area contributed by atoms with Crippen LogP contribution in [0.4, 0.5) is 0 Å². The van der Waals surface area contributed by atoms with Gasteiger partial charge in [0, 0.05) is 6.04 Å². The normalized spacial score (nSPS) is 14.2. The molecule has 1 aromatic carbocycles. The van der Waals surface area contributed by atoms with E-state index in [2.05, 4.69) is 0 Å². The molecule has 2 heteroatoms. The maximum Gasteiger partial charge on any atom is 0.0609 e. The molecule has 0 amide bonds. The van der Waals surface area contributed by atoms with Gasteiger partial charge in [-0.15, -0.1) is 0 Å². The molecule has 0 fully saturated rings.